The van der Waals surface area contributed by atoms with Crippen LogP contribution in [0.1, 0.15) is 69.2 Å². The van der Waals surface area contributed by atoms with Gasteiger partial charge in [-0.3, -0.25) is 0 Å². The van der Waals surface area contributed by atoms with E-state index >= 15 is 0 Å². The van der Waals surface area contributed by atoms with E-state index in [0.29, 0.717) is 29.9 Å². The highest BCUT2D eigenvalue weighted by molar-refractivity contribution is 6.31. The summed E-state index contributed by atoms with van der Waals surface area (Å²) in [5, 5.41) is 46.3. The summed E-state index contributed by atoms with van der Waals surface area (Å²) in [5.74, 6) is -4.67. The Morgan fingerprint density at radius 3 is 1.14 bits per heavy atom. The fraction of sp³-hybridized carbons (Fsp3) is 0.103. The molecule has 0 atom stereocenters. The first kappa shape index (κ1) is 64.1. The topological polar surface area (TPSA) is 197 Å². The number of aromatic carboxylic acids is 4. The van der Waals surface area contributed by atoms with E-state index in [0.717, 1.165) is 24.6 Å². The summed E-state index contributed by atoms with van der Waals surface area (Å²) in [6.45, 7) is 0.717. The van der Waals surface area contributed by atoms with Gasteiger partial charge in [0.15, 0.2) is 0 Å². The number of nitrogens with one attached hydrogen (secondary N) is 4. The minimum atomic E-state index is -4.98. The van der Waals surface area contributed by atoms with Crippen LogP contribution >= 0.6 is 11.6 Å². The first-order valence-electron chi connectivity index (χ1n) is 23.6. The Morgan fingerprint density at radius 1 is 0.361 bits per heavy atom. The molecule has 0 aliphatic carbocycles. The third-order valence-electron chi connectivity index (χ3n) is 11.1. The first-order valence-corrected chi connectivity index (χ1v) is 24.0. The van der Waals surface area contributed by atoms with E-state index in [1.165, 1.54) is 90.5 Å². The predicted octanol–water partition coefficient (Wildman–Crippen LogP) is 17.2. The molecule has 8 aromatic rings. The molecule has 0 spiro atoms. The molecule has 0 aromatic heterocycles. The van der Waals surface area contributed by atoms with E-state index in [1.807, 2.05) is 24.3 Å². The highest BCUT2D eigenvalue weighted by Gasteiger charge is 2.38. The van der Waals surface area contributed by atoms with Gasteiger partial charge in [-0.25, -0.2) is 19.2 Å². The molecule has 0 fully saturated rings. The van der Waals surface area contributed by atoms with E-state index in [1.54, 1.807) is 30.3 Å². The Morgan fingerprint density at radius 2 is 0.723 bits per heavy atom. The molecule has 8 aromatic carbocycles. The summed E-state index contributed by atoms with van der Waals surface area (Å²) in [6.07, 6.45) is -18.2. The van der Waals surface area contributed by atoms with Crippen LogP contribution in [0.4, 0.5) is 92.5 Å². The zero-order chi connectivity index (χ0) is 61.3. The van der Waals surface area contributed by atoms with Crippen molar-refractivity contribution >= 4 is 75.3 Å². The Balaban J connectivity index is 0.000000204. The van der Waals surface area contributed by atoms with Crippen LogP contribution in [0.3, 0.4) is 0 Å². The maximum absolute atomic E-state index is 12.9. The zero-order valence-electron chi connectivity index (χ0n) is 42.1. The number of carboxylic acids is 4. The van der Waals surface area contributed by atoms with Gasteiger partial charge in [0.05, 0.1) is 72.3 Å². The first-order chi connectivity index (χ1) is 38.9. The lowest BCUT2D eigenvalue weighted by atomic mass is 10.1. The van der Waals surface area contributed by atoms with Crippen LogP contribution in [0.5, 0.6) is 0 Å². The summed E-state index contributed by atoms with van der Waals surface area (Å²) < 4.78 is 154. The highest BCUT2D eigenvalue weighted by Crippen LogP contribution is 2.40. The summed E-state index contributed by atoms with van der Waals surface area (Å²) >= 11 is 5.52. The van der Waals surface area contributed by atoms with Crippen LogP contribution in [0.15, 0.2) is 188 Å². The number of benzene rings is 8. The van der Waals surface area contributed by atoms with E-state index in [-0.39, 0.29) is 51.2 Å². The fourth-order valence-electron chi connectivity index (χ4n) is 7.29. The Hall–Kier alpha value is -9.71. The molecule has 25 heteroatoms. The normalized spacial score (nSPS) is 11.2. The third-order valence-corrected chi connectivity index (χ3v) is 11.5. The average Bonchev–Trinajstić information content (AvgIpc) is 3.48. The molecule has 434 valence electrons. The molecule has 0 bridgehead atoms. The molecule has 0 unspecified atom stereocenters. The van der Waals surface area contributed by atoms with Gasteiger partial charge in [0.1, 0.15) is 0 Å². The number of hydrogen-bond acceptors (Lipinski definition) is 8. The molecule has 0 saturated carbocycles. The second-order valence-electron chi connectivity index (χ2n) is 17.0. The lowest BCUT2D eigenvalue weighted by Crippen LogP contribution is -2.12. The summed E-state index contributed by atoms with van der Waals surface area (Å²) in [4.78, 5) is 44.2. The van der Waals surface area contributed by atoms with Gasteiger partial charge in [-0.15, -0.1) is 0 Å². The molecule has 0 aliphatic rings. The molecule has 83 heavy (non-hydrogen) atoms. The van der Waals surface area contributed by atoms with Crippen molar-refractivity contribution in [3.63, 3.8) is 0 Å². The standard InChI is InChI=1S/C15H9F6NO2.C15H15NO2.C14H9ClF3NO2.C14H10F3NO2/c16-14(17,18)8-5-9(15(19,20)21)7-10(6-8)22-12-4-2-1-3-11(12)13(23)24;17-15(18)13-8-4-5-9-14(13)16-11-10-12-6-2-1-3-7-12;15-11-6-5-8(7-10(11)14(16,17)18)19-12-4-2-1-3-9(12)13(20)21;15-14(16,17)10-6-2-4-8-12(10)18-11-7-3-1-5-9(11)13(19)20/h1-7,22H,(H,23,24);1-9,16H,10-11H2,(H,17,18);1-7,19H,(H,20,21);1-8,18H,(H,19,20). The quantitative estimate of drug-likeness (QED) is 0.0481. The molecular formula is C58H43ClF12N4O8. The predicted molar refractivity (Wildman–Crippen MR) is 286 cm³/mol. The van der Waals surface area contributed by atoms with Crippen molar-refractivity contribution in [1.82, 2.24) is 0 Å². The van der Waals surface area contributed by atoms with Gasteiger partial charge in [0, 0.05) is 23.6 Å². The Labute approximate surface area is 468 Å². The summed E-state index contributed by atoms with van der Waals surface area (Å²) in [5.41, 5.74) is -3.46. The summed E-state index contributed by atoms with van der Waals surface area (Å²) in [7, 11) is 0. The van der Waals surface area contributed by atoms with E-state index in [9.17, 15) is 71.9 Å². The van der Waals surface area contributed by atoms with E-state index in [4.69, 9.17) is 32.0 Å². The smallest absolute Gasteiger partial charge is 0.418 e. The van der Waals surface area contributed by atoms with Crippen LogP contribution in [0.25, 0.3) is 0 Å². The van der Waals surface area contributed by atoms with Crippen molar-refractivity contribution in [2.75, 3.05) is 27.8 Å². The van der Waals surface area contributed by atoms with Crippen molar-refractivity contribution in [2.24, 2.45) is 0 Å². The van der Waals surface area contributed by atoms with E-state index < -0.39 is 81.5 Å². The third kappa shape index (κ3) is 19.2. The van der Waals surface area contributed by atoms with Crippen LogP contribution in [0.2, 0.25) is 5.02 Å². The largest absolute Gasteiger partial charge is 0.478 e. The Bertz CT molecular complexity index is 3510. The van der Waals surface area contributed by atoms with Crippen LogP contribution < -0.4 is 21.3 Å². The van der Waals surface area contributed by atoms with Gasteiger partial charge in [0.25, 0.3) is 0 Å². The molecule has 0 aliphatic heterocycles. The van der Waals surface area contributed by atoms with Crippen LogP contribution in [0, 0.1) is 0 Å². The molecule has 0 saturated heterocycles. The number of carboxylic acid groups (broad SMARTS) is 4. The molecule has 8 N–H and O–H groups in total. The molecule has 0 heterocycles. The van der Waals surface area contributed by atoms with Gasteiger partial charge < -0.3 is 41.7 Å². The maximum Gasteiger partial charge on any atom is 0.418 e. The van der Waals surface area contributed by atoms with Crippen molar-refractivity contribution in [3.05, 3.63) is 243 Å². The molecule has 12 nitrogen and oxygen atoms in total. The Kier molecular flexibility index (Phi) is 21.7. The van der Waals surface area contributed by atoms with Crippen LogP contribution in [-0.4, -0.2) is 50.8 Å². The van der Waals surface area contributed by atoms with E-state index in [2.05, 4.69) is 33.4 Å². The van der Waals surface area contributed by atoms with Crippen molar-refractivity contribution in [2.45, 2.75) is 31.1 Å². The molecule has 8 rings (SSSR count). The van der Waals surface area contributed by atoms with Crippen molar-refractivity contribution in [3.8, 4) is 0 Å². The zero-order valence-corrected chi connectivity index (χ0v) is 42.9. The average molecular weight is 1190 g/mol. The van der Waals surface area contributed by atoms with Gasteiger partial charge in [-0.2, -0.15) is 52.7 Å². The maximum atomic E-state index is 12.9. The molecular weight excluding hydrogens is 1140 g/mol. The van der Waals surface area contributed by atoms with Gasteiger partial charge in [0.2, 0.25) is 0 Å². The number of rotatable bonds is 14. The second kappa shape index (κ2) is 28.1. The molecule has 0 radical (unpaired) electrons. The monoisotopic (exact) mass is 1190 g/mol. The lowest BCUT2D eigenvalue weighted by molar-refractivity contribution is -0.143. The van der Waals surface area contributed by atoms with Gasteiger partial charge in [-0.05, 0) is 109 Å². The minimum Gasteiger partial charge on any atom is -0.478 e. The van der Waals surface area contributed by atoms with Crippen LogP contribution in [-0.2, 0) is 31.1 Å². The second-order valence-corrected chi connectivity index (χ2v) is 17.4. The van der Waals surface area contributed by atoms with Crippen molar-refractivity contribution < 1.29 is 92.3 Å². The number of para-hydroxylation sites is 5. The number of carbonyl (C=O) groups is 4. The fourth-order valence-corrected chi connectivity index (χ4v) is 7.51. The van der Waals surface area contributed by atoms with Crippen molar-refractivity contribution in [1.29, 1.82) is 0 Å². The number of halogens is 13. The molecule has 0 amide bonds. The number of anilines is 7. The van der Waals surface area contributed by atoms with Gasteiger partial charge >= 0.3 is 48.6 Å². The number of hydrogen-bond donors (Lipinski definition) is 8. The summed E-state index contributed by atoms with van der Waals surface area (Å²) in [6, 6.07) is 43.1. The highest BCUT2D eigenvalue weighted by atomic mass is 35.5. The number of alkyl halides is 12. The minimum absolute atomic E-state index is 0.00567. The lowest BCUT2D eigenvalue weighted by Gasteiger charge is -2.16. The SMILES string of the molecule is O=C(O)c1ccccc1NCCc1ccccc1.O=C(O)c1ccccc1Nc1cc(C(F)(F)F)cc(C(F)(F)F)c1.O=C(O)c1ccccc1Nc1ccc(Cl)c(C(F)(F)F)c1.O=C(O)c1ccccc1Nc1ccccc1C(F)(F)F. The van der Waals surface area contributed by atoms with Gasteiger partial charge in [-0.1, -0.05) is 103 Å².